The van der Waals surface area contributed by atoms with Crippen LogP contribution in [0.4, 0.5) is 0 Å². The van der Waals surface area contributed by atoms with Gasteiger partial charge in [-0.15, -0.1) is 0 Å². The predicted molar refractivity (Wildman–Crippen MR) is 94.4 cm³/mol. The highest BCUT2D eigenvalue weighted by atomic mass is 79.9. The molecule has 0 aromatic heterocycles. The zero-order chi connectivity index (χ0) is 15.4. The van der Waals surface area contributed by atoms with E-state index in [1.165, 1.54) is 11.8 Å². The maximum Gasteiger partial charge on any atom is 0.143 e. The average Bonchev–Trinajstić information content (AvgIpc) is 2.46. The molecular formula is C15H8Br2ClNOS. The fourth-order valence-corrected chi connectivity index (χ4v) is 3.65. The molecule has 2 nitrogen and oxygen atoms in total. The summed E-state index contributed by atoms with van der Waals surface area (Å²) in [5.41, 5.74) is 0.810. The third-order valence-electron chi connectivity index (χ3n) is 2.49. The van der Waals surface area contributed by atoms with E-state index in [2.05, 4.69) is 37.9 Å². The van der Waals surface area contributed by atoms with Gasteiger partial charge in [0.2, 0.25) is 0 Å². The first-order chi connectivity index (χ1) is 9.99. The maximum absolute atomic E-state index is 9.69. The summed E-state index contributed by atoms with van der Waals surface area (Å²) in [5, 5.41) is 19.6. The minimum absolute atomic E-state index is 0.135. The molecule has 0 aliphatic rings. The van der Waals surface area contributed by atoms with Crippen LogP contribution in [0.5, 0.6) is 5.75 Å². The van der Waals surface area contributed by atoms with Gasteiger partial charge in [0.15, 0.2) is 0 Å². The average molecular weight is 446 g/mol. The Balaban J connectivity index is 2.29. The zero-order valence-corrected chi connectivity index (χ0v) is 15.2. The van der Waals surface area contributed by atoms with Crippen LogP contribution < -0.4 is 0 Å². The molecular weight excluding hydrogens is 437 g/mol. The standard InChI is InChI=1S/C15H8Br2ClNOS/c16-13-6-9(7-14(17)15(13)20)5-12(8-19)21-11-3-1-10(18)2-4-11/h1-7,20H. The van der Waals surface area contributed by atoms with Crippen molar-refractivity contribution >= 4 is 61.3 Å². The van der Waals surface area contributed by atoms with Crippen molar-refractivity contribution in [2.45, 2.75) is 4.90 Å². The zero-order valence-electron chi connectivity index (χ0n) is 10.5. The molecule has 0 heterocycles. The molecule has 0 atom stereocenters. The second-order valence-corrected chi connectivity index (χ2v) is 7.27. The van der Waals surface area contributed by atoms with Crippen LogP contribution in [0.25, 0.3) is 6.08 Å². The lowest BCUT2D eigenvalue weighted by Gasteiger charge is -2.04. The molecule has 0 fully saturated rings. The van der Waals surface area contributed by atoms with Gasteiger partial charge in [0.05, 0.1) is 13.9 Å². The van der Waals surface area contributed by atoms with Crippen molar-refractivity contribution in [2.24, 2.45) is 0 Å². The summed E-state index contributed by atoms with van der Waals surface area (Å²) in [7, 11) is 0. The number of phenolic OH excluding ortho intramolecular Hbond substituents is 1. The van der Waals surface area contributed by atoms with Gasteiger partial charge in [0.25, 0.3) is 0 Å². The van der Waals surface area contributed by atoms with Crippen molar-refractivity contribution in [1.82, 2.24) is 0 Å². The smallest absolute Gasteiger partial charge is 0.143 e. The number of nitriles is 1. The summed E-state index contributed by atoms with van der Waals surface area (Å²) in [6, 6.07) is 13.0. The fourth-order valence-electron chi connectivity index (χ4n) is 1.53. The van der Waals surface area contributed by atoms with E-state index in [-0.39, 0.29) is 5.75 Å². The number of aromatic hydroxyl groups is 1. The molecule has 21 heavy (non-hydrogen) atoms. The molecule has 0 saturated heterocycles. The first-order valence-electron chi connectivity index (χ1n) is 5.73. The number of thioether (sulfide) groups is 1. The number of nitrogens with zero attached hydrogens (tertiary/aromatic N) is 1. The normalized spacial score (nSPS) is 11.2. The van der Waals surface area contributed by atoms with Crippen LogP contribution in [0.3, 0.4) is 0 Å². The topological polar surface area (TPSA) is 44.0 Å². The van der Waals surface area contributed by atoms with E-state index < -0.39 is 0 Å². The molecule has 0 amide bonds. The molecule has 0 spiro atoms. The molecule has 0 unspecified atom stereocenters. The third kappa shape index (κ3) is 4.52. The van der Waals surface area contributed by atoms with Crippen LogP contribution in [-0.4, -0.2) is 5.11 Å². The summed E-state index contributed by atoms with van der Waals surface area (Å²) in [5.74, 6) is 0.135. The van der Waals surface area contributed by atoms with Crippen molar-refractivity contribution in [3.05, 3.63) is 60.8 Å². The Morgan fingerprint density at radius 3 is 2.29 bits per heavy atom. The van der Waals surface area contributed by atoms with E-state index in [1.54, 1.807) is 30.3 Å². The van der Waals surface area contributed by atoms with Gasteiger partial charge in [-0.1, -0.05) is 23.4 Å². The Labute approximate surface area is 148 Å². The van der Waals surface area contributed by atoms with E-state index >= 15 is 0 Å². The Kier molecular flexibility index (Phi) is 5.77. The molecule has 106 valence electrons. The van der Waals surface area contributed by atoms with Crippen LogP contribution in [0, 0.1) is 11.3 Å². The molecule has 0 bridgehead atoms. The van der Waals surface area contributed by atoms with Gasteiger partial charge in [0.1, 0.15) is 11.8 Å². The van der Waals surface area contributed by atoms with Gasteiger partial charge < -0.3 is 5.11 Å². The second kappa shape index (κ2) is 7.37. The summed E-state index contributed by atoms with van der Waals surface area (Å²) in [6.07, 6.45) is 1.76. The van der Waals surface area contributed by atoms with E-state index in [1.807, 2.05) is 12.1 Å². The molecule has 2 rings (SSSR count). The summed E-state index contributed by atoms with van der Waals surface area (Å²) >= 11 is 13.7. The number of hydrogen-bond donors (Lipinski definition) is 1. The molecule has 0 saturated carbocycles. The highest BCUT2D eigenvalue weighted by Gasteiger charge is 2.06. The van der Waals surface area contributed by atoms with Gasteiger partial charge >= 0.3 is 0 Å². The Morgan fingerprint density at radius 2 is 1.76 bits per heavy atom. The molecule has 0 aliphatic carbocycles. The van der Waals surface area contributed by atoms with Gasteiger partial charge in [-0.25, -0.2) is 0 Å². The van der Waals surface area contributed by atoms with E-state index in [0.29, 0.717) is 18.9 Å². The summed E-state index contributed by atoms with van der Waals surface area (Å²) < 4.78 is 1.13. The third-order valence-corrected chi connectivity index (χ3v) is 4.89. The monoisotopic (exact) mass is 443 g/mol. The number of rotatable bonds is 3. The maximum atomic E-state index is 9.69. The minimum atomic E-state index is 0.135. The van der Waals surface area contributed by atoms with Crippen LogP contribution in [0.1, 0.15) is 5.56 Å². The molecule has 6 heteroatoms. The highest BCUT2D eigenvalue weighted by Crippen LogP contribution is 2.35. The van der Waals surface area contributed by atoms with Crippen molar-refractivity contribution < 1.29 is 5.11 Å². The quantitative estimate of drug-likeness (QED) is 0.450. The summed E-state index contributed by atoms with van der Waals surface area (Å²) in [6.45, 7) is 0. The van der Waals surface area contributed by atoms with Crippen LogP contribution in [-0.2, 0) is 0 Å². The van der Waals surface area contributed by atoms with Crippen LogP contribution in [0.2, 0.25) is 5.02 Å². The lowest BCUT2D eigenvalue weighted by Crippen LogP contribution is -1.80. The number of phenols is 1. The second-order valence-electron chi connectivity index (χ2n) is 4.01. The van der Waals surface area contributed by atoms with E-state index in [4.69, 9.17) is 11.6 Å². The SMILES string of the molecule is N#CC(=Cc1cc(Br)c(O)c(Br)c1)Sc1ccc(Cl)cc1. The van der Waals surface area contributed by atoms with Crippen molar-refractivity contribution in [3.63, 3.8) is 0 Å². The Bertz CT molecular complexity index is 715. The van der Waals surface area contributed by atoms with Gasteiger partial charge in [0, 0.05) is 9.92 Å². The van der Waals surface area contributed by atoms with Crippen LogP contribution >= 0.6 is 55.2 Å². The predicted octanol–water partition coefficient (Wildman–Crippen LogP) is 6.23. The number of allylic oxidation sites excluding steroid dienone is 1. The molecule has 2 aromatic rings. The molecule has 0 radical (unpaired) electrons. The Morgan fingerprint density at radius 1 is 1.19 bits per heavy atom. The number of hydrogen-bond acceptors (Lipinski definition) is 3. The highest BCUT2D eigenvalue weighted by molar-refractivity contribution is 9.11. The molecule has 2 aromatic carbocycles. The molecule has 1 N–H and O–H groups in total. The minimum Gasteiger partial charge on any atom is -0.506 e. The van der Waals surface area contributed by atoms with Crippen molar-refractivity contribution in [1.29, 1.82) is 5.26 Å². The van der Waals surface area contributed by atoms with Crippen molar-refractivity contribution in [2.75, 3.05) is 0 Å². The van der Waals surface area contributed by atoms with Gasteiger partial charge in [-0.2, -0.15) is 5.26 Å². The first kappa shape index (κ1) is 16.4. The van der Waals surface area contributed by atoms with Crippen molar-refractivity contribution in [3.8, 4) is 11.8 Å². The van der Waals surface area contributed by atoms with Crippen LogP contribution in [0.15, 0.2) is 55.1 Å². The lowest BCUT2D eigenvalue weighted by atomic mass is 10.2. The van der Waals surface area contributed by atoms with Gasteiger partial charge in [-0.05, 0) is 79.9 Å². The van der Waals surface area contributed by atoms with Gasteiger partial charge in [-0.3, -0.25) is 0 Å². The van der Waals surface area contributed by atoms with E-state index in [9.17, 15) is 10.4 Å². The Hall–Kier alpha value is -0.930. The van der Waals surface area contributed by atoms with E-state index in [0.717, 1.165) is 10.5 Å². The lowest BCUT2D eigenvalue weighted by molar-refractivity contribution is 0.468. The number of benzene rings is 2. The largest absolute Gasteiger partial charge is 0.506 e. The summed E-state index contributed by atoms with van der Waals surface area (Å²) in [4.78, 5) is 1.48. The number of halogens is 3. The fraction of sp³-hybridized carbons (Fsp3) is 0. The molecule has 0 aliphatic heterocycles. The first-order valence-corrected chi connectivity index (χ1v) is 8.51.